The molecule has 3 aromatic heterocycles. The zero-order chi connectivity index (χ0) is 26.4. The Morgan fingerprint density at radius 1 is 1.27 bits per heavy atom. The van der Waals surface area contributed by atoms with Gasteiger partial charge in [-0.25, -0.2) is 14.8 Å². The van der Waals surface area contributed by atoms with Crippen LogP contribution in [-0.4, -0.2) is 45.3 Å². The van der Waals surface area contributed by atoms with Gasteiger partial charge in [0.15, 0.2) is 17.7 Å². The van der Waals surface area contributed by atoms with Gasteiger partial charge in [-0.15, -0.1) is 11.3 Å². The van der Waals surface area contributed by atoms with Crippen molar-refractivity contribution in [3.63, 3.8) is 0 Å². The van der Waals surface area contributed by atoms with Crippen LogP contribution in [0.4, 0.5) is 28.8 Å². The molecule has 0 saturated carbocycles. The number of oxime groups is 1. The summed E-state index contributed by atoms with van der Waals surface area (Å²) in [7, 11) is 0. The number of amides is 2. The van der Waals surface area contributed by atoms with Gasteiger partial charge in [0.25, 0.3) is 0 Å². The molecule has 0 aliphatic rings. The van der Waals surface area contributed by atoms with Gasteiger partial charge in [-0.3, -0.25) is 9.81 Å². The summed E-state index contributed by atoms with van der Waals surface area (Å²) < 4.78 is 38.7. The first kappa shape index (κ1) is 25.4. The van der Waals surface area contributed by atoms with Crippen molar-refractivity contribution >= 4 is 46.0 Å². The van der Waals surface area contributed by atoms with Gasteiger partial charge in [-0.2, -0.15) is 13.2 Å². The third-order valence-corrected chi connectivity index (χ3v) is 5.49. The fourth-order valence-electron chi connectivity index (χ4n) is 3.15. The van der Waals surface area contributed by atoms with E-state index in [4.69, 9.17) is 16.0 Å². The fourth-order valence-corrected chi connectivity index (χ4v) is 3.86. The summed E-state index contributed by atoms with van der Waals surface area (Å²) in [6.45, 7) is -1.28. The number of carbonyl (C=O) groups excluding carboxylic acids is 1. The highest BCUT2D eigenvalue weighted by atomic mass is 32.1. The van der Waals surface area contributed by atoms with E-state index in [9.17, 15) is 18.0 Å². The van der Waals surface area contributed by atoms with E-state index in [0.29, 0.717) is 33.4 Å². The Hall–Kier alpha value is -4.66. The number of anilines is 2. The Balaban J connectivity index is 1.39. The lowest BCUT2D eigenvalue weighted by Crippen LogP contribution is -2.36. The number of hydrogen-bond donors (Lipinski definition) is 5. The van der Waals surface area contributed by atoms with Crippen LogP contribution in [0.25, 0.3) is 16.9 Å². The van der Waals surface area contributed by atoms with Gasteiger partial charge in [-0.05, 0) is 24.3 Å². The highest BCUT2D eigenvalue weighted by molar-refractivity contribution is 7.13. The number of aromatic nitrogens is 3. The van der Waals surface area contributed by atoms with Crippen LogP contribution in [0, 0.1) is 5.41 Å². The van der Waals surface area contributed by atoms with Crippen LogP contribution in [-0.2, 0) is 11.4 Å². The van der Waals surface area contributed by atoms with Crippen molar-refractivity contribution in [2.75, 3.05) is 17.2 Å². The third-order valence-electron chi connectivity index (χ3n) is 4.68. The van der Waals surface area contributed by atoms with Crippen molar-refractivity contribution in [3.05, 3.63) is 65.4 Å². The van der Waals surface area contributed by atoms with E-state index in [-0.39, 0.29) is 12.6 Å². The second-order valence-corrected chi connectivity index (χ2v) is 8.38. The minimum Gasteiger partial charge on any atom is -0.389 e. The summed E-state index contributed by atoms with van der Waals surface area (Å²) in [5, 5.41) is 20.2. The number of benzene rings is 1. The molecule has 11 nitrogen and oxygen atoms in total. The fraction of sp³-hybridized carbons (Fsp3) is 0.136. The van der Waals surface area contributed by atoms with E-state index in [1.165, 1.54) is 17.6 Å². The highest BCUT2D eigenvalue weighted by Gasteiger charge is 2.27. The zero-order valence-corrected chi connectivity index (χ0v) is 19.7. The molecule has 3 heterocycles. The normalized spacial score (nSPS) is 11.5. The van der Waals surface area contributed by atoms with Crippen LogP contribution in [0.5, 0.6) is 0 Å². The van der Waals surface area contributed by atoms with Crippen LogP contribution in [0.1, 0.15) is 11.3 Å². The summed E-state index contributed by atoms with van der Waals surface area (Å²) in [4.78, 5) is 25.6. The molecule has 0 atom stereocenters. The summed E-state index contributed by atoms with van der Waals surface area (Å²) in [6.07, 6.45) is 0.463. The maximum absolute atomic E-state index is 12.3. The topological polar surface area (TPSA) is 155 Å². The lowest BCUT2D eigenvalue weighted by molar-refractivity contribution is -0.122. The standard InChI is InChI=1S/C22H20F3N9O2S/c23-22(24,25)12-29-20(35)31-15-3-1-2-14(7-15)17-9-28-18-6-13(4-5-34(17)18)8-30-36-10-16-11-37-21(32-16)33-19(26)27/h1-9,11H,10,12H2,(H2,29,31,35)(H4,26,27,32,33). The summed E-state index contributed by atoms with van der Waals surface area (Å²) in [6, 6.07) is 9.31. The molecule has 192 valence electrons. The molecule has 0 aliphatic heterocycles. The minimum atomic E-state index is -4.49. The number of hydrogen-bond acceptors (Lipinski definition) is 7. The van der Waals surface area contributed by atoms with Crippen molar-refractivity contribution in [1.82, 2.24) is 19.7 Å². The molecule has 1 aromatic carbocycles. The Labute approximate surface area is 211 Å². The number of carbonyl (C=O) groups is 1. The minimum absolute atomic E-state index is 0.140. The van der Waals surface area contributed by atoms with E-state index in [2.05, 4.69) is 25.8 Å². The maximum Gasteiger partial charge on any atom is 0.405 e. The second-order valence-electron chi connectivity index (χ2n) is 7.53. The Bertz CT molecular complexity index is 1450. The summed E-state index contributed by atoms with van der Waals surface area (Å²) in [5.41, 5.74) is 9.01. The van der Waals surface area contributed by atoms with E-state index in [1.54, 1.807) is 59.5 Å². The zero-order valence-electron chi connectivity index (χ0n) is 18.9. The number of nitrogens with zero attached hydrogens (tertiary/aromatic N) is 4. The number of imidazole rings is 1. The molecule has 4 aromatic rings. The SMILES string of the molecule is N=C(N)Nc1nc(CON=Cc2ccn3c(-c4cccc(NC(=O)NCC(F)(F)F)c4)cnc3c2)cs1. The number of pyridine rings is 1. The molecule has 0 radical (unpaired) electrons. The van der Waals surface area contributed by atoms with Gasteiger partial charge >= 0.3 is 12.2 Å². The van der Waals surface area contributed by atoms with Gasteiger partial charge in [0.05, 0.1) is 23.8 Å². The molecular weight excluding hydrogens is 511 g/mol. The van der Waals surface area contributed by atoms with Crippen molar-refractivity contribution < 1.29 is 22.8 Å². The van der Waals surface area contributed by atoms with E-state index >= 15 is 0 Å². The predicted octanol–water partition coefficient (Wildman–Crippen LogP) is 4.00. The summed E-state index contributed by atoms with van der Waals surface area (Å²) >= 11 is 1.29. The van der Waals surface area contributed by atoms with Crippen molar-refractivity contribution in [3.8, 4) is 11.3 Å². The first-order valence-electron chi connectivity index (χ1n) is 10.6. The molecule has 37 heavy (non-hydrogen) atoms. The molecule has 0 unspecified atom stereocenters. The number of guanidine groups is 1. The quantitative estimate of drug-likeness (QED) is 0.132. The molecule has 2 amide bonds. The molecule has 0 saturated heterocycles. The third kappa shape index (κ3) is 7.17. The first-order valence-corrected chi connectivity index (χ1v) is 11.4. The average Bonchev–Trinajstić information content (AvgIpc) is 3.46. The predicted molar refractivity (Wildman–Crippen MR) is 134 cm³/mol. The number of halogens is 3. The smallest absolute Gasteiger partial charge is 0.389 e. The number of nitrogens with two attached hydrogens (primary N) is 1. The molecule has 4 rings (SSSR count). The van der Waals surface area contributed by atoms with Crippen LogP contribution < -0.4 is 21.7 Å². The number of urea groups is 1. The second kappa shape index (κ2) is 10.9. The largest absolute Gasteiger partial charge is 0.405 e. The van der Waals surface area contributed by atoms with Crippen LogP contribution in [0.15, 0.2) is 59.3 Å². The Morgan fingerprint density at radius 3 is 2.89 bits per heavy atom. The number of alkyl halides is 3. The van der Waals surface area contributed by atoms with E-state index < -0.39 is 18.8 Å². The summed E-state index contributed by atoms with van der Waals surface area (Å²) in [5.74, 6) is -0.200. The lowest BCUT2D eigenvalue weighted by Gasteiger charge is -2.10. The van der Waals surface area contributed by atoms with Gasteiger partial charge < -0.3 is 26.5 Å². The number of thiazole rings is 1. The number of fused-ring (bicyclic) bond motifs is 1. The van der Waals surface area contributed by atoms with Crippen molar-refractivity contribution in [2.45, 2.75) is 12.8 Å². The molecule has 15 heteroatoms. The average molecular weight is 532 g/mol. The maximum atomic E-state index is 12.3. The molecule has 0 fully saturated rings. The van der Waals surface area contributed by atoms with Crippen molar-refractivity contribution in [2.24, 2.45) is 10.9 Å². The van der Waals surface area contributed by atoms with Crippen LogP contribution >= 0.6 is 11.3 Å². The Morgan fingerprint density at radius 2 is 2.11 bits per heavy atom. The highest BCUT2D eigenvalue weighted by Crippen LogP contribution is 2.24. The molecule has 0 bridgehead atoms. The molecular formula is C22H20F3N9O2S. The van der Waals surface area contributed by atoms with Gasteiger partial charge in [0, 0.05) is 28.4 Å². The van der Waals surface area contributed by atoms with Crippen LogP contribution in [0.2, 0.25) is 0 Å². The Kier molecular flexibility index (Phi) is 7.52. The lowest BCUT2D eigenvalue weighted by atomic mass is 10.1. The van der Waals surface area contributed by atoms with Gasteiger partial charge in [-0.1, -0.05) is 17.3 Å². The monoisotopic (exact) mass is 531 g/mol. The molecule has 0 spiro atoms. The van der Waals surface area contributed by atoms with Gasteiger partial charge in [0.2, 0.25) is 0 Å². The van der Waals surface area contributed by atoms with Crippen LogP contribution in [0.3, 0.4) is 0 Å². The first-order chi connectivity index (χ1) is 17.7. The molecule has 0 aliphatic carbocycles. The van der Waals surface area contributed by atoms with Gasteiger partial charge in [0.1, 0.15) is 12.2 Å². The van der Waals surface area contributed by atoms with E-state index in [1.807, 2.05) is 4.40 Å². The van der Waals surface area contributed by atoms with E-state index in [0.717, 1.165) is 5.56 Å². The molecule has 6 N–H and O–H groups in total. The number of rotatable bonds is 8. The number of nitrogens with one attached hydrogen (secondary N) is 4. The van der Waals surface area contributed by atoms with Crippen molar-refractivity contribution in [1.29, 1.82) is 5.41 Å².